The Morgan fingerprint density at radius 2 is 1.68 bits per heavy atom. The fraction of sp³-hybridized carbons (Fsp3) is 0.944. The summed E-state index contributed by atoms with van der Waals surface area (Å²) in [7, 11) is 0. The number of hydrogen-bond acceptors (Lipinski definition) is 1. The monoisotopic (exact) mass is 261 g/mol. The highest BCUT2D eigenvalue weighted by Gasteiger charge is 2.41. The minimum absolute atomic E-state index is 0.364. The van der Waals surface area contributed by atoms with E-state index in [9.17, 15) is 0 Å². The van der Waals surface area contributed by atoms with Gasteiger partial charge in [-0.15, -0.1) is 0 Å². The van der Waals surface area contributed by atoms with Crippen LogP contribution < -0.4 is 0 Å². The predicted molar refractivity (Wildman–Crippen MR) is 80.7 cm³/mol. The van der Waals surface area contributed by atoms with Crippen LogP contribution in [-0.4, -0.2) is 0 Å². The van der Waals surface area contributed by atoms with Gasteiger partial charge in [0.05, 0.1) is 6.07 Å². The van der Waals surface area contributed by atoms with Gasteiger partial charge in [0.15, 0.2) is 0 Å². The molecule has 0 aromatic rings. The Balaban J connectivity index is 1.98. The normalized spacial score (nSPS) is 32.9. The van der Waals surface area contributed by atoms with E-state index in [0.29, 0.717) is 11.3 Å². The smallest absolute Gasteiger partial charge is 0.0655 e. The van der Waals surface area contributed by atoms with E-state index in [0.717, 1.165) is 5.92 Å². The summed E-state index contributed by atoms with van der Waals surface area (Å²) in [5.41, 5.74) is 0.628. The lowest BCUT2D eigenvalue weighted by atomic mass is 9.58. The maximum Gasteiger partial charge on any atom is 0.0655 e. The molecule has 19 heavy (non-hydrogen) atoms. The van der Waals surface area contributed by atoms with Crippen LogP contribution in [0.15, 0.2) is 0 Å². The third kappa shape index (κ3) is 3.74. The Kier molecular flexibility index (Phi) is 5.74. The third-order valence-corrected chi connectivity index (χ3v) is 5.91. The molecule has 0 saturated heterocycles. The first-order chi connectivity index (χ1) is 9.30. The van der Waals surface area contributed by atoms with Crippen molar-refractivity contribution in [2.75, 3.05) is 0 Å². The SMILES string of the molecule is CCCCCC1(C2CCCCC2)CCC(C#N)CC1. The fourth-order valence-corrected chi connectivity index (χ4v) is 4.63. The number of rotatable bonds is 5. The van der Waals surface area contributed by atoms with Crippen molar-refractivity contribution in [1.82, 2.24) is 0 Å². The van der Waals surface area contributed by atoms with Crippen LogP contribution in [0.4, 0.5) is 0 Å². The average Bonchev–Trinajstić information content (AvgIpc) is 2.49. The molecule has 0 aliphatic heterocycles. The Bertz CT molecular complexity index is 287. The van der Waals surface area contributed by atoms with Gasteiger partial charge < -0.3 is 0 Å². The summed E-state index contributed by atoms with van der Waals surface area (Å²) >= 11 is 0. The lowest BCUT2D eigenvalue weighted by Crippen LogP contribution is -2.36. The zero-order chi connectivity index (χ0) is 13.6. The van der Waals surface area contributed by atoms with Gasteiger partial charge in [-0.05, 0) is 56.3 Å². The predicted octanol–water partition coefficient (Wildman–Crippen LogP) is 5.85. The van der Waals surface area contributed by atoms with Crippen LogP contribution in [0.2, 0.25) is 0 Å². The summed E-state index contributed by atoms with van der Waals surface area (Å²) in [6, 6.07) is 2.51. The molecule has 0 spiro atoms. The highest BCUT2D eigenvalue weighted by atomic mass is 14.5. The van der Waals surface area contributed by atoms with E-state index >= 15 is 0 Å². The maximum atomic E-state index is 9.14. The summed E-state index contributed by atoms with van der Waals surface area (Å²) in [6.07, 6.45) is 18.0. The molecule has 0 amide bonds. The summed E-state index contributed by atoms with van der Waals surface area (Å²) in [6.45, 7) is 2.31. The number of hydrogen-bond donors (Lipinski definition) is 0. The molecule has 0 N–H and O–H groups in total. The van der Waals surface area contributed by atoms with Crippen molar-refractivity contribution in [1.29, 1.82) is 5.26 Å². The van der Waals surface area contributed by atoms with Crippen LogP contribution in [0.25, 0.3) is 0 Å². The van der Waals surface area contributed by atoms with E-state index in [-0.39, 0.29) is 0 Å². The van der Waals surface area contributed by atoms with Crippen molar-refractivity contribution in [2.45, 2.75) is 90.4 Å². The van der Waals surface area contributed by atoms with Crippen LogP contribution in [0.3, 0.4) is 0 Å². The molecule has 0 bridgehead atoms. The Hall–Kier alpha value is -0.510. The van der Waals surface area contributed by atoms with Crippen molar-refractivity contribution in [3.8, 4) is 6.07 Å². The van der Waals surface area contributed by atoms with Crippen LogP contribution in [0, 0.1) is 28.6 Å². The van der Waals surface area contributed by atoms with Crippen LogP contribution in [-0.2, 0) is 0 Å². The van der Waals surface area contributed by atoms with E-state index in [1.54, 1.807) is 0 Å². The molecule has 1 nitrogen and oxygen atoms in total. The molecule has 1 heteroatoms. The molecule has 108 valence electrons. The van der Waals surface area contributed by atoms with Crippen molar-refractivity contribution < 1.29 is 0 Å². The molecule has 0 aromatic heterocycles. The van der Waals surface area contributed by atoms with Gasteiger partial charge in [0.25, 0.3) is 0 Å². The van der Waals surface area contributed by atoms with Gasteiger partial charge in [0.2, 0.25) is 0 Å². The lowest BCUT2D eigenvalue weighted by Gasteiger charge is -2.47. The third-order valence-electron chi connectivity index (χ3n) is 5.91. The summed E-state index contributed by atoms with van der Waals surface area (Å²) in [5.74, 6) is 1.35. The first-order valence-corrected chi connectivity index (χ1v) is 8.70. The molecule has 0 radical (unpaired) electrons. The Morgan fingerprint density at radius 1 is 1.00 bits per heavy atom. The van der Waals surface area contributed by atoms with Gasteiger partial charge in [-0.3, -0.25) is 0 Å². The summed E-state index contributed by atoms with van der Waals surface area (Å²) < 4.78 is 0. The molecule has 2 saturated carbocycles. The zero-order valence-electron chi connectivity index (χ0n) is 12.8. The molecule has 0 aromatic carbocycles. The number of nitrogens with zero attached hydrogens (tertiary/aromatic N) is 1. The van der Waals surface area contributed by atoms with Crippen LogP contribution >= 0.6 is 0 Å². The quantitative estimate of drug-likeness (QED) is 0.570. The summed E-state index contributed by atoms with van der Waals surface area (Å²) in [5, 5.41) is 9.14. The molecular formula is C18H31N. The molecule has 0 heterocycles. The van der Waals surface area contributed by atoms with Crippen molar-refractivity contribution in [2.24, 2.45) is 17.3 Å². The topological polar surface area (TPSA) is 23.8 Å². The molecular weight excluding hydrogens is 230 g/mol. The lowest BCUT2D eigenvalue weighted by molar-refractivity contribution is 0.0451. The Labute approximate surface area is 119 Å². The molecule has 2 aliphatic rings. The van der Waals surface area contributed by atoms with Gasteiger partial charge in [-0.2, -0.15) is 5.26 Å². The fourth-order valence-electron chi connectivity index (χ4n) is 4.63. The van der Waals surface area contributed by atoms with Gasteiger partial charge in [0.1, 0.15) is 0 Å². The highest BCUT2D eigenvalue weighted by Crippen LogP contribution is 2.52. The molecule has 2 aliphatic carbocycles. The second kappa shape index (κ2) is 7.32. The second-order valence-corrected chi connectivity index (χ2v) is 7.06. The van der Waals surface area contributed by atoms with E-state index in [1.165, 1.54) is 83.5 Å². The van der Waals surface area contributed by atoms with Crippen molar-refractivity contribution >= 4 is 0 Å². The minimum atomic E-state index is 0.364. The summed E-state index contributed by atoms with van der Waals surface area (Å²) in [4.78, 5) is 0. The first kappa shape index (κ1) is 14.9. The molecule has 2 fully saturated rings. The van der Waals surface area contributed by atoms with Crippen molar-refractivity contribution in [3.05, 3.63) is 0 Å². The van der Waals surface area contributed by atoms with E-state index < -0.39 is 0 Å². The highest BCUT2D eigenvalue weighted by molar-refractivity contribution is 4.96. The molecule has 2 rings (SSSR count). The van der Waals surface area contributed by atoms with Crippen LogP contribution in [0.1, 0.15) is 90.4 Å². The van der Waals surface area contributed by atoms with Crippen LogP contribution in [0.5, 0.6) is 0 Å². The average molecular weight is 261 g/mol. The standard InChI is InChI=1S/C18H31N/c1-2-3-7-12-18(17-8-5-4-6-9-17)13-10-16(15-19)11-14-18/h16-17H,2-14H2,1H3. The van der Waals surface area contributed by atoms with Gasteiger partial charge in [0, 0.05) is 5.92 Å². The molecule has 0 unspecified atom stereocenters. The van der Waals surface area contributed by atoms with Gasteiger partial charge in [-0.1, -0.05) is 45.4 Å². The second-order valence-electron chi connectivity index (χ2n) is 7.06. The zero-order valence-corrected chi connectivity index (χ0v) is 12.8. The minimum Gasteiger partial charge on any atom is -0.198 e. The van der Waals surface area contributed by atoms with E-state index in [2.05, 4.69) is 13.0 Å². The van der Waals surface area contributed by atoms with Crippen molar-refractivity contribution in [3.63, 3.8) is 0 Å². The number of unbranched alkanes of at least 4 members (excludes halogenated alkanes) is 2. The van der Waals surface area contributed by atoms with Gasteiger partial charge >= 0.3 is 0 Å². The maximum absolute atomic E-state index is 9.14. The molecule has 0 atom stereocenters. The first-order valence-electron chi connectivity index (χ1n) is 8.70. The largest absolute Gasteiger partial charge is 0.198 e. The number of nitriles is 1. The van der Waals surface area contributed by atoms with E-state index in [1.807, 2.05) is 0 Å². The van der Waals surface area contributed by atoms with Gasteiger partial charge in [-0.25, -0.2) is 0 Å². The Morgan fingerprint density at radius 3 is 2.26 bits per heavy atom. The van der Waals surface area contributed by atoms with E-state index in [4.69, 9.17) is 5.26 Å².